The molecule has 1 radical (unpaired) electrons. The summed E-state index contributed by atoms with van der Waals surface area (Å²) >= 11 is 0. The Balaban J connectivity index is 2.05. The summed E-state index contributed by atoms with van der Waals surface area (Å²) < 4.78 is 36.9. The highest BCUT2D eigenvalue weighted by Crippen LogP contribution is 2.46. The molecule has 0 aromatic heterocycles. The van der Waals surface area contributed by atoms with Gasteiger partial charge in [0.2, 0.25) is 0 Å². The Kier molecular flexibility index (Phi) is 7.68. The van der Waals surface area contributed by atoms with Crippen LogP contribution in [0.2, 0.25) is 13.1 Å². The first-order chi connectivity index (χ1) is 15.1. The number of rotatable bonds is 8. The quantitative estimate of drug-likeness (QED) is 0.321. The number of methoxy groups -OCH3 is 1. The Morgan fingerprint density at radius 1 is 0.818 bits per heavy atom. The van der Waals surface area contributed by atoms with Gasteiger partial charge < -0.3 is 28.1 Å². The summed E-state index contributed by atoms with van der Waals surface area (Å²) in [5, 5.41) is 1.31. The second-order valence-corrected chi connectivity index (χ2v) is 14.0. The molecule has 0 bridgehead atoms. The maximum Gasteiger partial charge on any atom is 0.463 e. The van der Waals surface area contributed by atoms with E-state index in [0.29, 0.717) is 6.61 Å². The lowest BCUT2D eigenvalue weighted by Gasteiger charge is -2.32. The molecule has 0 N–H and O–H groups in total. The molecule has 6 nitrogen and oxygen atoms in total. The molecule has 2 aliphatic heterocycles. The minimum Gasteiger partial charge on any atom is -0.403 e. The standard InChI is InChI=1S/C24H41B2O6Si/c1-21(2)22(3,4)30-25(29-21)20(26-31-23(5,6)24(7,8)32-26)18-13-12-17(15-28-16-27-9)14-19(18)33(10)11/h12-14,20H,15-16H2,1-11H3. The molecule has 0 aliphatic carbocycles. The average Bonchev–Trinajstić information content (AvgIpc) is 3.01. The highest BCUT2D eigenvalue weighted by Gasteiger charge is 2.62. The topological polar surface area (TPSA) is 55.4 Å². The van der Waals surface area contributed by atoms with E-state index in [2.05, 4.69) is 86.7 Å². The maximum absolute atomic E-state index is 6.56. The van der Waals surface area contributed by atoms with E-state index < -0.39 is 45.4 Å². The van der Waals surface area contributed by atoms with Crippen LogP contribution in [0.5, 0.6) is 0 Å². The van der Waals surface area contributed by atoms with Crippen molar-refractivity contribution in [2.75, 3.05) is 13.9 Å². The van der Waals surface area contributed by atoms with E-state index in [0.717, 1.165) is 5.56 Å². The van der Waals surface area contributed by atoms with Crippen LogP contribution in [0.3, 0.4) is 0 Å². The van der Waals surface area contributed by atoms with Crippen LogP contribution >= 0.6 is 0 Å². The molecule has 0 unspecified atom stereocenters. The molecule has 183 valence electrons. The fraction of sp³-hybridized carbons (Fsp3) is 0.750. The largest absolute Gasteiger partial charge is 0.463 e. The molecular weight excluding hydrogens is 434 g/mol. The van der Waals surface area contributed by atoms with Crippen LogP contribution in [-0.4, -0.2) is 59.3 Å². The summed E-state index contributed by atoms with van der Waals surface area (Å²) in [5.74, 6) is 0. The molecule has 3 rings (SSSR count). The SMILES string of the molecule is COCOCc1ccc(C(B2OC(C)(C)C(C)(C)O2)B2OC(C)(C)C(C)(C)O2)c([Si](C)C)c1. The molecule has 2 fully saturated rings. The maximum atomic E-state index is 6.56. The smallest absolute Gasteiger partial charge is 0.403 e. The molecular formula is C24H41B2O6Si. The normalized spacial score (nSPS) is 23.2. The van der Waals surface area contributed by atoms with Crippen molar-refractivity contribution in [1.82, 2.24) is 0 Å². The molecule has 2 heterocycles. The molecule has 0 atom stereocenters. The number of hydrogen-bond donors (Lipinski definition) is 0. The molecule has 33 heavy (non-hydrogen) atoms. The zero-order chi connectivity index (χ0) is 24.8. The number of benzene rings is 1. The van der Waals surface area contributed by atoms with Gasteiger partial charge in [-0.05, 0) is 66.5 Å². The Morgan fingerprint density at radius 2 is 1.27 bits per heavy atom. The van der Waals surface area contributed by atoms with Crippen molar-refractivity contribution in [2.45, 2.75) is 103 Å². The molecule has 0 saturated carbocycles. The van der Waals surface area contributed by atoms with Crippen molar-refractivity contribution >= 4 is 28.2 Å². The molecule has 0 spiro atoms. The third-order valence-corrected chi connectivity index (χ3v) is 9.13. The molecule has 1 aromatic carbocycles. The highest BCUT2D eigenvalue weighted by atomic mass is 28.3. The van der Waals surface area contributed by atoms with E-state index in [-0.39, 0.29) is 12.5 Å². The van der Waals surface area contributed by atoms with Gasteiger partial charge in [0.05, 0.1) is 43.5 Å². The van der Waals surface area contributed by atoms with Crippen LogP contribution in [0.4, 0.5) is 0 Å². The number of ether oxygens (including phenoxy) is 2. The average molecular weight is 475 g/mol. The Hall–Kier alpha value is -0.673. The summed E-state index contributed by atoms with van der Waals surface area (Å²) in [6, 6.07) is 6.55. The van der Waals surface area contributed by atoms with Gasteiger partial charge in [0.25, 0.3) is 0 Å². The summed E-state index contributed by atoms with van der Waals surface area (Å²) in [7, 11) is -0.158. The van der Waals surface area contributed by atoms with Crippen LogP contribution in [0.1, 0.15) is 72.2 Å². The number of hydrogen-bond acceptors (Lipinski definition) is 6. The molecule has 2 aliphatic rings. The first kappa shape index (κ1) is 26.9. The van der Waals surface area contributed by atoms with Gasteiger partial charge in [-0.15, -0.1) is 0 Å². The minimum atomic E-state index is -0.819. The third kappa shape index (κ3) is 5.30. The van der Waals surface area contributed by atoms with Crippen LogP contribution in [-0.2, 0) is 34.7 Å². The summed E-state index contributed by atoms with van der Waals surface area (Å²) in [6.45, 7) is 22.1. The molecule has 0 amide bonds. The third-order valence-electron chi connectivity index (χ3n) is 7.61. The zero-order valence-electron chi connectivity index (χ0n) is 22.3. The Labute approximate surface area is 202 Å². The lowest BCUT2D eigenvalue weighted by Crippen LogP contribution is -2.45. The van der Waals surface area contributed by atoms with Crippen LogP contribution in [0.25, 0.3) is 0 Å². The second kappa shape index (κ2) is 9.41. The van der Waals surface area contributed by atoms with Gasteiger partial charge in [-0.2, -0.15) is 0 Å². The van der Waals surface area contributed by atoms with Gasteiger partial charge in [-0.3, -0.25) is 0 Å². The van der Waals surface area contributed by atoms with E-state index in [1.54, 1.807) is 7.11 Å². The molecule has 2 saturated heterocycles. The lowest BCUT2D eigenvalue weighted by molar-refractivity contribution is -0.0390. The van der Waals surface area contributed by atoms with E-state index in [4.69, 9.17) is 28.1 Å². The monoisotopic (exact) mass is 475 g/mol. The lowest BCUT2D eigenvalue weighted by atomic mass is 9.49. The first-order valence-corrected chi connectivity index (χ1v) is 14.3. The summed E-state index contributed by atoms with van der Waals surface area (Å²) in [6.07, 6.45) is 0. The minimum absolute atomic E-state index is 0.226. The second-order valence-electron chi connectivity index (χ2n) is 11.5. The van der Waals surface area contributed by atoms with Crippen LogP contribution in [0.15, 0.2) is 18.2 Å². The van der Waals surface area contributed by atoms with E-state index in [9.17, 15) is 0 Å². The predicted octanol–water partition coefficient (Wildman–Crippen LogP) is 4.11. The van der Waals surface area contributed by atoms with Crippen molar-refractivity contribution in [3.05, 3.63) is 29.3 Å². The fourth-order valence-electron chi connectivity index (χ4n) is 4.15. The summed E-state index contributed by atoms with van der Waals surface area (Å²) in [4.78, 5) is 0. The summed E-state index contributed by atoms with van der Waals surface area (Å²) in [5.41, 5.74) is 0.287. The van der Waals surface area contributed by atoms with Gasteiger partial charge in [0.15, 0.2) is 0 Å². The van der Waals surface area contributed by atoms with Gasteiger partial charge in [0.1, 0.15) is 6.79 Å². The Morgan fingerprint density at radius 3 is 1.67 bits per heavy atom. The molecule has 1 aromatic rings. The van der Waals surface area contributed by atoms with E-state index in [1.165, 1.54) is 10.8 Å². The highest BCUT2D eigenvalue weighted by molar-refractivity contribution is 6.74. The van der Waals surface area contributed by atoms with Crippen molar-refractivity contribution in [1.29, 1.82) is 0 Å². The van der Waals surface area contributed by atoms with Crippen molar-refractivity contribution in [3.8, 4) is 0 Å². The van der Waals surface area contributed by atoms with E-state index in [1.807, 2.05) is 0 Å². The van der Waals surface area contributed by atoms with Crippen LogP contribution < -0.4 is 5.19 Å². The first-order valence-electron chi connectivity index (χ1n) is 11.8. The van der Waals surface area contributed by atoms with Gasteiger partial charge >= 0.3 is 14.2 Å². The van der Waals surface area contributed by atoms with Crippen molar-refractivity contribution in [2.24, 2.45) is 0 Å². The van der Waals surface area contributed by atoms with Gasteiger partial charge in [-0.1, -0.05) is 36.5 Å². The van der Waals surface area contributed by atoms with E-state index >= 15 is 0 Å². The van der Waals surface area contributed by atoms with Gasteiger partial charge in [0, 0.05) is 7.11 Å². The van der Waals surface area contributed by atoms with Gasteiger partial charge in [-0.25, -0.2) is 0 Å². The van der Waals surface area contributed by atoms with Crippen molar-refractivity contribution < 1.29 is 28.1 Å². The predicted molar refractivity (Wildman–Crippen MR) is 135 cm³/mol. The van der Waals surface area contributed by atoms with Crippen LogP contribution in [0, 0.1) is 0 Å². The molecule has 9 heteroatoms. The van der Waals surface area contributed by atoms with Crippen molar-refractivity contribution in [3.63, 3.8) is 0 Å². The zero-order valence-corrected chi connectivity index (χ0v) is 23.3. The Bertz CT molecular complexity index is 774. The fourth-order valence-corrected chi connectivity index (χ4v) is 5.45.